The summed E-state index contributed by atoms with van der Waals surface area (Å²) in [7, 11) is 0. The van der Waals surface area contributed by atoms with Crippen LogP contribution in [0.15, 0.2) is 46.2 Å². The van der Waals surface area contributed by atoms with Crippen LogP contribution in [0.4, 0.5) is 5.82 Å². The molecular weight excluding hydrogens is 348 g/mol. The topological polar surface area (TPSA) is 73.0 Å². The fraction of sp³-hybridized carbons (Fsp3) is 0.211. The van der Waals surface area contributed by atoms with Crippen molar-refractivity contribution in [3.8, 4) is 16.6 Å². The Kier molecular flexibility index (Phi) is 3.43. The zero-order chi connectivity index (χ0) is 17.7. The fourth-order valence-electron chi connectivity index (χ4n) is 2.89. The number of aromatic nitrogens is 3. The van der Waals surface area contributed by atoms with Gasteiger partial charge in [0.2, 0.25) is 11.0 Å². The molecule has 26 heavy (non-hydrogen) atoms. The lowest BCUT2D eigenvalue weighted by atomic mass is 10.2. The van der Waals surface area contributed by atoms with Crippen LogP contribution in [-0.4, -0.2) is 20.7 Å². The summed E-state index contributed by atoms with van der Waals surface area (Å²) in [4.78, 5) is 16.8. The molecule has 0 radical (unpaired) electrons. The molecule has 3 heterocycles. The highest BCUT2D eigenvalue weighted by Gasteiger charge is 2.30. The van der Waals surface area contributed by atoms with Crippen LogP contribution in [0.25, 0.3) is 27.6 Å². The minimum Gasteiger partial charge on any atom is -0.454 e. The summed E-state index contributed by atoms with van der Waals surface area (Å²) in [5.41, 5.74) is 2.43. The first-order valence-electron chi connectivity index (χ1n) is 8.50. The van der Waals surface area contributed by atoms with Gasteiger partial charge in [0.1, 0.15) is 17.1 Å². The van der Waals surface area contributed by atoms with E-state index < -0.39 is 0 Å². The molecule has 130 valence electrons. The van der Waals surface area contributed by atoms with Gasteiger partial charge in [0.25, 0.3) is 0 Å². The number of nitrogens with one attached hydrogen (secondary N) is 1. The number of aryl methyl sites for hydroxylation is 1. The first-order chi connectivity index (χ1) is 12.7. The van der Waals surface area contributed by atoms with E-state index in [1.54, 1.807) is 4.68 Å². The highest BCUT2D eigenvalue weighted by Crippen LogP contribution is 2.32. The molecule has 0 atom stereocenters. The minimum atomic E-state index is 0.0558. The van der Waals surface area contributed by atoms with Gasteiger partial charge in [0.15, 0.2) is 5.76 Å². The van der Waals surface area contributed by atoms with E-state index in [9.17, 15) is 4.79 Å². The maximum Gasteiger partial charge on any atom is 0.228 e. The van der Waals surface area contributed by atoms with Crippen LogP contribution < -0.4 is 5.32 Å². The molecule has 0 saturated heterocycles. The Labute approximate surface area is 153 Å². The third kappa shape index (κ3) is 2.70. The smallest absolute Gasteiger partial charge is 0.228 e. The summed E-state index contributed by atoms with van der Waals surface area (Å²) in [6.07, 6.45) is 1.93. The molecule has 0 unspecified atom stereocenters. The zero-order valence-corrected chi connectivity index (χ0v) is 14.9. The van der Waals surface area contributed by atoms with Crippen molar-refractivity contribution in [1.29, 1.82) is 0 Å². The Morgan fingerprint density at radius 3 is 2.96 bits per heavy atom. The number of benzene rings is 1. The van der Waals surface area contributed by atoms with Gasteiger partial charge in [0.05, 0.1) is 5.69 Å². The van der Waals surface area contributed by atoms with Gasteiger partial charge in [-0.2, -0.15) is 9.78 Å². The Morgan fingerprint density at radius 1 is 1.31 bits per heavy atom. The Balaban J connectivity index is 1.49. The number of thiazole rings is 1. The van der Waals surface area contributed by atoms with Gasteiger partial charge >= 0.3 is 0 Å². The second-order valence-corrected chi connectivity index (χ2v) is 7.35. The molecule has 4 aromatic rings. The van der Waals surface area contributed by atoms with Crippen molar-refractivity contribution in [1.82, 2.24) is 14.8 Å². The maximum absolute atomic E-state index is 12.1. The molecule has 1 amide bonds. The van der Waals surface area contributed by atoms with E-state index in [2.05, 4.69) is 15.4 Å². The van der Waals surface area contributed by atoms with Gasteiger partial charge in [0, 0.05) is 22.8 Å². The van der Waals surface area contributed by atoms with E-state index in [1.807, 2.05) is 48.7 Å². The third-order valence-corrected chi connectivity index (χ3v) is 5.20. The fourth-order valence-corrected chi connectivity index (χ4v) is 3.67. The number of carbonyl (C=O) groups excluding carboxylic acids is 1. The van der Waals surface area contributed by atoms with Crippen LogP contribution in [0, 0.1) is 12.8 Å². The summed E-state index contributed by atoms with van der Waals surface area (Å²) in [5.74, 6) is 1.58. The standard InChI is InChI=1S/C19H16N4O2S/c1-11-8-17(21-18(24)12-6-7-12)23(22-11)19-20-14(10-26-19)16-9-13-4-2-3-5-15(13)25-16/h2-5,8-10,12H,6-7H2,1H3,(H,21,24). The average molecular weight is 364 g/mol. The average Bonchev–Trinajstić information content (AvgIpc) is 3.05. The lowest BCUT2D eigenvalue weighted by molar-refractivity contribution is -0.117. The Morgan fingerprint density at radius 2 is 2.15 bits per heavy atom. The van der Waals surface area contributed by atoms with E-state index in [1.165, 1.54) is 11.3 Å². The van der Waals surface area contributed by atoms with E-state index in [4.69, 9.17) is 4.42 Å². The third-order valence-electron chi connectivity index (χ3n) is 4.38. The van der Waals surface area contributed by atoms with Gasteiger partial charge in [-0.1, -0.05) is 18.2 Å². The maximum atomic E-state index is 12.1. The quantitative estimate of drug-likeness (QED) is 0.582. The summed E-state index contributed by atoms with van der Waals surface area (Å²) < 4.78 is 7.57. The van der Waals surface area contributed by atoms with E-state index in [0.717, 1.165) is 41.0 Å². The second-order valence-electron chi connectivity index (χ2n) is 6.51. The normalized spacial score (nSPS) is 14.0. The predicted octanol–water partition coefficient (Wildman–Crippen LogP) is 4.40. The molecule has 0 spiro atoms. The van der Waals surface area contributed by atoms with Crippen molar-refractivity contribution in [2.75, 3.05) is 5.32 Å². The lowest BCUT2D eigenvalue weighted by Gasteiger charge is -2.05. The van der Waals surface area contributed by atoms with Gasteiger partial charge in [-0.05, 0) is 31.9 Å². The summed E-state index contributed by atoms with van der Waals surface area (Å²) in [6.45, 7) is 1.90. The first-order valence-corrected chi connectivity index (χ1v) is 9.38. The van der Waals surface area contributed by atoms with E-state index in [-0.39, 0.29) is 11.8 Å². The van der Waals surface area contributed by atoms with Crippen molar-refractivity contribution < 1.29 is 9.21 Å². The minimum absolute atomic E-state index is 0.0558. The molecule has 6 nitrogen and oxygen atoms in total. The highest BCUT2D eigenvalue weighted by molar-refractivity contribution is 7.12. The molecule has 0 bridgehead atoms. The number of hydrogen-bond acceptors (Lipinski definition) is 5. The van der Waals surface area contributed by atoms with Crippen molar-refractivity contribution >= 4 is 34.0 Å². The number of anilines is 1. The molecule has 1 aliphatic rings. The van der Waals surface area contributed by atoms with Gasteiger partial charge in [-0.3, -0.25) is 4.79 Å². The summed E-state index contributed by atoms with van der Waals surface area (Å²) in [6, 6.07) is 11.7. The number of carbonyl (C=O) groups is 1. The summed E-state index contributed by atoms with van der Waals surface area (Å²) >= 11 is 1.46. The first kappa shape index (κ1) is 15.3. The molecule has 5 rings (SSSR count). The number of fused-ring (bicyclic) bond motifs is 1. The number of amides is 1. The molecular formula is C19H16N4O2S. The number of furan rings is 1. The van der Waals surface area contributed by atoms with Crippen molar-refractivity contribution in [3.05, 3.63) is 47.5 Å². The van der Waals surface area contributed by atoms with Crippen LogP contribution in [0.5, 0.6) is 0 Å². The monoisotopic (exact) mass is 364 g/mol. The van der Waals surface area contributed by atoms with Gasteiger partial charge < -0.3 is 9.73 Å². The van der Waals surface area contributed by atoms with Crippen molar-refractivity contribution in [3.63, 3.8) is 0 Å². The molecule has 1 fully saturated rings. The van der Waals surface area contributed by atoms with Crippen LogP contribution in [0.2, 0.25) is 0 Å². The SMILES string of the molecule is Cc1cc(NC(=O)C2CC2)n(-c2nc(-c3cc4ccccc4o3)cs2)n1. The molecule has 1 aliphatic carbocycles. The van der Waals surface area contributed by atoms with Crippen molar-refractivity contribution in [2.45, 2.75) is 19.8 Å². The van der Waals surface area contributed by atoms with E-state index >= 15 is 0 Å². The molecule has 1 N–H and O–H groups in total. The van der Waals surface area contributed by atoms with Crippen LogP contribution in [-0.2, 0) is 4.79 Å². The van der Waals surface area contributed by atoms with Crippen LogP contribution >= 0.6 is 11.3 Å². The number of para-hydroxylation sites is 1. The molecule has 3 aromatic heterocycles. The zero-order valence-electron chi connectivity index (χ0n) is 14.1. The number of nitrogens with zero attached hydrogens (tertiary/aromatic N) is 3. The van der Waals surface area contributed by atoms with Gasteiger partial charge in [-0.15, -0.1) is 11.3 Å². The Hall–Kier alpha value is -2.93. The molecule has 1 saturated carbocycles. The second kappa shape index (κ2) is 5.81. The largest absolute Gasteiger partial charge is 0.454 e. The van der Waals surface area contributed by atoms with Crippen molar-refractivity contribution in [2.24, 2.45) is 5.92 Å². The molecule has 0 aliphatic heterocycles. The molecule has 7 heteroatoms. The van der Waals surface area contributed by atoms with Gasteiger partial charge in [-0.25, -0.2) is 4.98 Å². The van der Waals surface area contributed by atoms with Crippen LogP contribution in [0.1, 0.15) is 18.5 Å². The van der Waals surface area contributed by atoms with Crippen LogP contribution in [0.3, 0.4) is 0 Å². The van der Waals surface area contributed by atoms with E-state index in [0.29, 0.717) is 10.9 Å². The highest BCUT2D eigenvalue weighted by atomic mass is 32.1. The number of rotatable bonds is 4. The molecule has 1 aromatic carbocycles. The Bertz CT molecular complexity index is 1090. The predicted molar refractivity (Wildman–Crippen MR) is 101 cm³/mol. The summed E-state index contributed by atoms with van der Waals surface area (Å²) in [5, 5.41) is 11.1. The number of hydrogen-bond donors (Lipinski definition) is 1. The lowest BCUT2D eigenvalue weighted by Crippen LogP contribution is -2.16.